The number of nitrogens with one attached hydrogen (secondary N) is 1. The molecule has 0 bridgehead atoms. The van der Waals surface area contributed by atoms with Crippen molar-refractivity contribution in [2.24, 2.45) is 4.99 Å². The normalized spacial score (nSPS) is 15.5. The quantitative estimate of drug-likeness (QED) is 0.460. The molecule has 0 unspecified atom stereocenters. The standard InChI is InChI=1S/C15H24N4O2.HI/c1-3-7-17-15(16-4-2)19-10-8-18(9-11-19)14(20)13-6-5-12-21-13;/h5-6,12H,3-4,7-11H2,1-2H3,(H,16,17);1H. The van der Waals surface area contributed by atoms with Crippen molar-refractivity contribution >= 4 is 35.8 Å². The van der Waals surface area contributed by atoms with Gasteiger partial charge in [-0.15, -0.1) is 24.0 Å². The number of hydrogen-bond donors (Lipinski definition) is 1. The van der Waals surface area contributed by atoms with Crippen molar-refractivity contribution in [3.8, 4) is 0 Å². The van der Waals surface area contributed by atoms with Crippen molar-refractivity contribution < 1.29 is 9.21 Å². The monoisotopic (exact) mass is 420 g/mol. The van der Waals surface area contributed by atoms with Crippen molar-refractivity contribution in [3.05, 3.63) is 24.2 Å². The lowest BCUT2D eigenvalue weighted by Gasteiger charge is -2.36. The SMILES string of the molecule is CCCN=C(NCC)N1CCN(C(=O)c2ccco2)CC1.I. The summed E-state index contributed by atoms with van der Waals surface area (Å²) in [4.78, 5) is 20.8. The van der Waals surface area contributed by atoms with Gasteiger partial charge < -0.3 is 19.5 Å². The Morgan fingerprint density at radius 1 is 1.27 bits per heavy atom. The Bertz CT molecular complexity index is 468. The molecule has 1 N–H and O–H groups in total. The van der Waals surface area contributed by atoms with Gasteiger partial charge >= 0.3 is 0 Å². The summed E-state index contributed by atoms with van der Waals surface area (Å²) in [5.74, 6) is 1.33. The van der Waals surface area contributed by atoms with E-state index < -0.39 is 0 Å². The average Bonchev–Trinajstić information content (AvgIpc) is 3.05. The van der Waals surface area contributed by atoms with Gasteiger partial charge in [-0.05, 0) is 25.5 Å². The van der Waals surface area contributed by atoms with E-state index in [4.69, 9.17) is 4.42 Å². The van der Waals surface area contributed by atoms with Crippen LogP contribution in [0.4, 0.5) is 0 Å². The molecule has 0 atom stereocenters. The van der Waals surface area contributed by atoms with Crippen molar-refractivity contribution in [3.63, 3.8) is 0 Å². The molecule has 2 heterocycles. The molecule has 1 aliphatic rings. The molecular formula is C15H25IN4O2. The van der Waals surface area contributed by atoms with Crippen molar-refractivity contribution in [1.82, 2.24) is 15.1 Å². The fraction of sp³-hybridized carbons (Fsp3) is 0.600. The van der Waals surface area contributed by atoms with Gasteiger partial charge in [0, 0.05) is 39.3 Å². The fourth-order valence-electron chi connectivity index (χ4n) is 2.32. The zero-order chi connectivity index (χ0) is 15.1. The highest BCUT2D eigenvalue weighted by molar-refractivity contribution is 14.0. The van der Waals surface area contributed by atoms with Crippen molar-refractivity contribution in [1.29, 1.82) is 0 Å². The topological polar surface area (TPSA) is 61.1 Å². The molecule has 2 rings (SSSR count). The highest BCUT2D eigenvalue weighted by Crippen LogP contribution is 2.09. The lowest BCUT2D eigenvalue weighted by molar-refractivity contribution is 0.0657. The van der Waals surface area contributed by atoms with Gasteiger partial charge in [0.1, 0.15) is 0 Å². The summed E-state index contributed by atoms with van der Waals surface area (Å²) in [5.41, 5.74) is 0. The van der Waals surface area contributed by atoms with Gasteiger partial charge in [0.05, 0.1) is 6.26 Å². The van der Waals surface area contributed by atoms with Crippen LogP contribution in [0.25, 0.3) is 0 Å². The molecule has 1 aromatic rings. The molecule has 124 valence electrons. The van der Waals surface area contributed by atoms with Crippen LogP contribution >= 0.6 is 24.0 Å². The maximum atomic E-state index is 12.2. The van der Waals surface area contributed by atoms with Crippen LogP contribution in [0.2, 0.25) is 0 Å². The molecule has 0 aromatic carbocycles. The van der Waals surface area contributed by atoms with Crippen molar-refractivity contribution in [2.45, 2.75) is 20.3 Å². The molecule has 0 saturated carbocycles. The van der Waals surface area contributed by atoms with E-state index in [1.54, 1.807) is 12.1 Å². The molecule has 0 radical (unpaired) electrons. The lowest BCUT2D eigenvalue weighted by Crippen LogP contribution is -2.53. The van der Waals surface area contributed by atoms with Gasteiger partial charge in [0.2, 0.25) is 0 Å². The second-order valence-corrected chi connectivity index (χ2v) is 4.99. The number of rotatable bonds is 4. The van der Waals surface area contributed by atoms with E-state index in [0.717, 1.165) is 38.6 Å². The summed E-state index contributed by atoms with van der Waals surface area (Å²) >= 11 is 0. The Hall–Kier alpha value is -1.25. The van der Waals surface area contributed by atoms with Gasteiger partial charge in [0.15, 0.2) is 11.7 Å². The molecule has 7 heteroatoms. The van der Waals surface area contributed by atoms with Gasteiger partial charge in [0.25, 0.3) is 5.91 Å². The first-order valence-corrected chi connectivity index (χ1v) is 7.62. The Morgan fingerprint density at radius 2 is 1.95 bits per heavy atom. The average molecular weight is 420 g/mol. The predicted octanol–water partition coefficient (Wildman–Crippen LogP) is 2.03. The number of furan rings is 1. The van der Waals surface area contributed by atoms with Gasteiger partial charge in [-0.3, -0.25) is 9.79 Å². The summed E-state index contributed by atoms with van der Waals surface area (Å²) < 4.78 is 5.17. The molecule has 1 saturated heterocycles. The number of carbonyl (C=O) groups is 1. The smallest absolute Gasteiger partial charge is 0.289 e. The number of amides is 1. The van der Waals surface area contributed by atoms with Gasteiger partial charge in [-0.1, -0.05) is 6.92 Å². The molecule has 1 aliphatic heterocycles. The molecule has 22 heavy (non-hydrogen) atoms. The summed E-state index contributed by atoms with van der Waals surface area (Å²) in [6.07, 6.45) is 2.57. The van der Waals surface area contributed by atoms with Crippen LogP contribution in [0.3, 0.4) is 0 Å². The minimum Gasteiger partial charge on any atom is -0.459 e. The highest BCUT2D eigenvalue weighted by Gasteiger charge is 2.24. The second-order valence-electron chi connectivity index (χ2n) is 4.99. The zero-order valence-electron chi connectivity index (χ0n) is 13.2. The highest BCUT2D eigenvalue weighted by atomic mass is 127. The number of guanidine groups is 1. The van der Waals surface area contributed by atoms with Crippen LogP contribution in [-0.4, -0.2) is 60.9 Å². The van der Waals surface area contributed by atoms with Crippen LogP contribution < -0.4 is 5.32 Å². The second kappa shape index (κ2) is 9.70. The largest absolute Gasteiger partial charge is 0.459 e. The Kier molecular flexibility index (Phi) is 8.29. The number of aliphatic imine (C=N–C) groups is 1. The van der Waals surface area contributed by atoms with E-state index >= 15 is 0 Å². The van der Waals surface area contributed by atoms with Gasteiger partial charge in [-0.25, -0.2) is 0 Å². The maximum Gasteiger partial charge on any atom is 0.289 e. The number of nitrogens with zero attached hydrogens (tertiary/aromatic N) is 3. The number of piperazine rings is 1. The maximum absolute atomic E-state index is 12.2. The van der Waals surface area contributed by atoms with Crippen LogP contribution in [-0.2, 0) is 0 Å². The summed E-state index contributed by atoms with van der Waals surface area (Å²) in [6.45, 7) is 8.84. The zero-order valence-corrected chi connectivity index (χ0v) is 15.6. The van der Waals surface area contributed by atoms with Crippen LogP contribution in [0.1, 0.15) is 30.8 Å². The molecule has 6 nitrogen and oxygen atoms in total. The van der Waals surface area contributed by atoms with Crippen LogP contribution in [0, 0.1) is 0 Å². The molecule has 1 aromatic heterocycles. The first-order valence-electron chi connectivity index (χ1n) is 7.62. The lowest BCUT2D eigenvalue weighted by atomic mass is 10.3. The van der Waals surface area contributed by atoms with E-state index in [1.807, 2.05) is 4.90 Å². The minimum atomic E-state index is -0.0323. The third-order valence-electron chi connectivity index (χ3n) is 3.42. The molecular weight excluding hydrogens is 395 g/mol. The Morgan fingerprint density at radius 3 is 2.50 bits per heavy atom. The summed E-state index contributed by atoms with van der Waals surface area (Å²) in [5, 5.41) is 3.31. The van der Waals surface area contributed by atoms with E-state index in [-0.39, 0.29) is 29.9 Å². The minimum absolute atomic E-state index is 0. The van der Waals surface area contributed by atoms with Crippen LogP contribution in [0.15, 0.2) is 27.8 Å². The van der Waals surface area contributed by atoms with Crippen LogP contribution in [0.5, 0.6) is 0 Å². The van der Waals surface area contributed by atoms with Gasteiger partial charge in [-0.2, -0.15) is 0 Å². The Labute approximate surface area is 149 Å². The fourth-order valence-corrected chi connectivity index (χ4v) is 2.32. The van der Waals surface area contributed by atoms with E-state index in [9.17, 15) is 4.79 Å². The predicted molar refractivity (Wildman–Crippen MR) is 97.9 cm³/mol. The summed E-state index contributed by atoms with van der Waals surface area (Å²) in [6, 6.07) is 3.45. The molecule has 0 aliphatic carbocycles. The molecule has 1 fully saturated rings. The number of hydrogen-bond acceptors (Lipinski definition) is 3. The first-order chi connectivity index (χ1) is 10.3. The Balaban J connectivity index is 0.00000242. The third kappa shape index (κ3) is 4.89. The summed E-state index contributed by atoms with van der Waals surface area (Å²) in [7, 11) is 0. The van der Waals surface area contributed by atoms with E-state index in [1.165, 1.54) is 6.26 Å². The molecule has 1 amide bonds. The third-order valence-corrected chi connectivity index (χ3v) is 3.42. The first kappa shape index (κ1) is 18.8. The van der Waals surface area contributed by atoms with Crippen molar-refractivity contribution in [2.75, 3.05) is 39.3 Å². The van der Waals surface area contributed by atoms with E-state index in [2.05, 4.69) is 29.1 Å². The number of carbonyl (C=O) groups excluding carboxylic acids is 1. The van der Waals surface area contributed by atoms with E-state index in [0.29, 0.717) is 18.8 Å². The number of halogens is 1. The molecule has 0 spiro atoms.